The van der Waals surface area contributed by atoms with Crippen LogP contribution < -0.4 is 30.3 Å². The highest BCUT2D eigenvalue weighted by Crippen LogP contribution is 2.44. The van der Waals surface area contributed by atoms with Gasteiger partial charge in [-0.2, -0.15) is 0 Å². The van der Waals surface area contributed by atoms with Gasteiger partial charge in [0.25, 0.3) is 27.5 Å². The second-order valence-corrected chi connectivity index (χ2v) is 24.9. The van der Waals surface area contributed by atoms with Gasteiger partial charge in [0.1, 0.15) is 28.9 Å². The van der Waals surface area contributed by atoms with Gasteiger partial charge >= 0.3 is 0 Å². The number of rotatable bonds is 17. The zero-order valence-corrected chi connectivity index (χ0v) is 47.6. The summed E-state index contributed by atoms with van der Waals surface area (Å²) in [5.41, 5.74) is 6.73. The number of piperidine rings is 2. The van der Waals surface area contributed by atoms with Gasteiger partial charge in [-0.1, -0.05) is 49.2 Å². The molecule has 2 unspecified atom stereocenters. The number of imide groups is 1. The molecule has 0 radical (unpaired) electrons. The van der Waals surface area contributed by atoms with Crippen LogP contribution in [0.1, 0.15) is 90.6 Å². The van der Waals surface area contributed by atoms with E-state index in [4.69, 9.17) is 16.3 Å². The van der Waals surface area contributed by atoms with Crippen molar-refractivity contribution in [1.82, 2.24) is 34.7 Å². The number of nitro groups is 1. The Morgan fingerprint density at radius 1 is 0.916 bits per heavy atom. The standard InChI is InChI=1S/C60H64ClN11O10S/c1-60(2)20-18-40(47(30-60)38-8-10-41(61)11-9-38)35-68-23-25-69(26-24-68)42-12-14-46(53(28-42)82-43-27-39-19-21-62-56(39)65-32-43)57(75)67-83(80,81)44-13-15-50(52(29-44)72(78)79)63-31-37-5-4-22-70(34-37)55(74)33-64-49-7-3-6-45-48(49)36-71(59(45)77)51-16-17-54(73)66-58(51)76/h3,6-15,19,21,27-29,32,37,51,63-64H,4-5,16-18,20,22-26,30-31,33-36H2,1-2H3,(H,62,65)(H,67,75)(H,66,73,76). The number of carbonyl (C=O) groups excluding carboxylic acids is 5. The summed E-state index contributed by atoms with van der Waals surface area (Å²) in [5, 5.41) is 22.6. The number of aromatic amines is 1. The molecule has 6 heterocycles. The van der Waals surface area contributed by atoms with Crippen molar-refractivity contribution in [2.75, 3.05) is 74.4 Å². The average Bonchev–Trinajstić information content (AvgIpc) is 4.02. The van der Waals surface area contributed by atoms with E-state index in [0.29, 0.717) is 72.3 Å². The first-order chi connectivity index (χ1) is 39.8. The van der Waals surface area contributed by atoms with Crippen molar-refractivity contribution in [2.45, 2.75) is 76.3 Å². The fraction of sp³-hybridized carbons (Fsp3) is 0.367. The molecule has 3 fully saturated rings. The number of sulfonamides is 1. The van der Waals surface area contributed by atoms with Crippen LogP contribution in [0.5, 0.6) is 11.5 Å². The lowest BCUT2D eigenvalue weighted by Crippen LogP contribution is -2.52. The van der Waals surface area contributed by atoms with Crippen LogP contribution in [-0.2, 0) is 31.0 Å². The first-order valence-electron chi connectivity index (χ1n) is 27.9. The molecule has 83 heavy (non-hydrogen) atoms. The van der Waals surface area contributed by atoms with Gasteiger partial charge in [0, 0.05) is 117 Å². The number of nitrogens with one attached hydrogen (secondary N) is 5. The van der Waals surface area contributed by atoms with Gasteiger partial charge in [-0.05, 0) is 122 Å². The Bertz CT molecular complexity index is 3710. The van der Waals surface area contributed by atoms with Gasteiger partial charge in [0.05, 0.1) is 28.1 Å². The first kappa shape index (κ1) is 56.5. The van der Waals surface area contributed by atoms with Crippen molar-refractivity contribution in [3.8, 4) is 11.5 Å². The molecule has 5 amide bonds. The molecule has 23 heteroatoms. The molecular weight excluding hydrogens is 1100 g/mol. The Balaban J connectivity index is 0.732. The third kappa shape index (κ3) is 12.5. The third-order valence-electron chi connectivity index (χ3n) is 16.5. The number of likely N-dealkylation sites (tertiary alicyclic amines) is 1. The van der Waals surface area contributed by atoms with E-state index >= 15 is 0 Å². The van der Waals surface area contributed by atoms with Crippen LogP contribution in [0.15, 0.2) is 114 Å². The lowest BCUT2D eigenvalue weighted by molar-refractivity contribution is -0.384. The van der Waals surface area contributed by atoms with Gasteiger partial charge < -0.3 is 35.1 Å². The van der Waals surface area contributed by atoms with Crippen LogP contribution in [0.2, 0.25) is 5.02 Å². The van der Waals surface area contributed by atoms with E-state index in [-0.39, 0.29) is 78.5 Å². The number of anilines is 3. The number of aromatic nitrogens is 2. The van der Waals surface area contributed by atoms with Gasteiger partial charge in [0.15, 0.2) is 0 Å². The zero-order chi connectivity index (χ0) is 58.2. The Morgan fingerprint density at radius 3 is 2.51 bits per heavy atom. The maximum Gasteiger partial charge on any atom is 0.293 e. The minimum atomic E-state index is -4.69. The van der Waals surface area contributed by atoms with Crippen molar-refractivity contribution >= 4 is 90.5 Å². The molecule has 4 aliphatic heterocycles. The summed E-state index contributed by atoms with van der Waals surface area (Å²) < 4.78 is 36.5. The molecule has 2 atom stereocenters. The summed E-state index contributed by atoms with van der Waals surface area (Å²) in [7, 11) is -4.69. The van der Waals surface area contributed by atoms with E-state index < -0.39 is 43.4 Å². The molecule has 21 nitrogen and oxygen atoms in total. The lowest BCUT2D eigenvalue weighted by atomic mass is 9.72. The van der Waals surface area contributed by atoms with Crippen molar-refractivity contribution in [3.63, 3.8) is 0 Å². The molecule has 6 aromatic rings. The van der Waals surface area contributed by atoms with Gasteiger partial charge in [-0.15, -0.1) is 0 Å². The number of piperazine rings is 1. The van der Waals surface area contributed by atoms with E-state index in [1.165, 1.54) is 46.0 Å². The van der Waals surface area contributed by atoms with Crippen molar-refractivity contribution in [1.29, 1.82) is 0 Å². The maximum atomic E-state index is 14.2. The summed E-state index contributed by atoms with van der Waals surface area (Å²) >= 11 is 6.27. The first-order valence-corrected chi connectivity index (χ1v) is 29.8. The topological polar surface area (TPSA) is 262 Å². The number of allylic oxidation sites excluding steroid dienone is 1. The molecule has 1 aliphatic carbocycles. The third-order valence-corrected chi connectivity index (χ3v) is 18.1. The van der Waals surface area contributed by atoms with Crippen molar-refractivity contribution < 1.29 is 42.1 Å². The van der Waals surface area contributed by atoms with Crippen LogP contribution in [0.4, 0.5) is 22.7 Å². The van der Waals surface area contributed by atoms with Gasteiger partial charge in [-0.3, -0.25) is 44.3 Å². The SMILES string of the molecule is CC1(C)CCC(CN2CCN(c3ccc(C(=O)NS(=O)(=O)c4ccc(NCC5CCCN(C(=O)CNc6cccc7c6CN(C6CCC(=O)NC6=O)C7=O)C5)c([N+](=O)[O-])c4)c(Oc4cnc5[nH]ccc5c4)c3)CC2)=C(c2ccc(Cl)cc2)C1. The minimum absolute atomic E-state index is 0.0575. The predicted molar refractivity (Wildman–Crippen MR) is 314 cm³/mol. The average molecular weight is 1170 g/mol. The molecule has 0 bridgehead atoms. The molecule has 0 spiro atoms. The van der Waals surface area contributed by atoms with E-state index in [9.17, 15) is 42.5 Å². The fourth-order valence-corrected chi connectivity index (χ4v) is 13.1. The molecule has 11 rings (SSSR count). The summed E-state index contributed by atoms with van der Waals surface area (Å²) in [5.74, 6) is -2.14. The number of H-pyrrole nitrogens is 1. The van der Waals surface area contributed by atoms with Crippen molar-refractivity contribution in [2.24, 2.45) is 11.3 Å². The number of benzene rings is 4. The monoisotopic (exact) mass is 1170 g/mol. The second kappa shape index (κ2) is 23.5. The Kier molecular flexibility index (Phi) is 16.0. The van der Waals surface area contributed by atoms with Crippen LogP contribution in [0.3, 0.4) is 0 Å². The highest BCUT2D eigenvalue weighted by molar-refractivity contribution is 7.90. The summed E-state index contributed by atoms with van der Waals surface area (Å²) in [4.78, 5) is 92.1. The highest BCUT2D eigenvalue weighted by Gasteiger charge is 2.40. The van der Waals surface area contributed by atoms with E-state index in [1.54, 1.807) is 47.5 Å². The Labute approximate surface area is 485 Å². The number of nitrogens with zero attached hydrogens (tertiary/aromatic N) is 6. The van der Waals surface area contributed by atoms with Gasteiger partial charge in [0.2, 0.25) is 17.7 Å². The number of pyridine rings is 1. The highest BCUT2D eigenvalue weighted by atomic mass is 35.5. The molecular formula is C60H64ClN11O10S. The number of hydrogen-bond acceptors (Lipinski definition) is 15. The predicted octanol–water partition coefficient (Wildman–Crippen LogP) is 8.35. The van der Waals surface area contributed by atoms with E-state index in [2.05, 4.69) is 66.4 Å². The quantitative estimate of drug-likeness (QED) is 0.0326. The Hall–Kier alpha value is -8.34. The number of ether oxygens (including phenoxy) is 1. The number of carbonyl (C=O) groups is 5. The second-order valence-electron chi connectivity index (χ2n) is 22.7. The molecule has 0 saturated carbocycles. The number of nitro benzene ring substituents is 1. The van der Waals surface area contributed by atoms with E-state index in [0.717, 1.165) is 56.0 Å². The van der Waals surface area contributed by atoms with Crippen LogP contribution in [0, 0.1) is 21.4 Å². The maximum absolute atomic E-state index is 14.2. The molecule has 3 saturated heterocycles. The van der Waals surface area contributed by atoms with E-state index in [1.807, 2.05) is 18.2 Å². The van der Waals surface area contributed by atoms with Crippen LogP contribution >= 0.6 is 11.6 Å². The lowest BCUT2D eigenvalue weighted by Gasteiger charge is -2.39. The molecule has 5 N–H and O–H groups in total. The molecule has 432 valence electrons. The number of halogens is 1. The number of fused-ring (bicyclic) bond motifs is 2. The molecule has 2 aromatic heterocycles. The van der Waals surface area contributed by atoms with Crippen LogP contribution in [0.25, 0.3) is 16.6 Å². The summed E-state index contributed by atoms with van der Waals surface area (Å²) in [6.45, 7) is 9.57. The molecule has 4 aromatic carbocycles. The minimum Gasteiger partial charge on any atom is -0.455 e. The Morgan fingerprint density at radius 2 is 1.72 bits per heavy atom. The van der Waals surface area contributed by atoms with Crippen LogP contribution in [-0.4, -0.2) is 132 Å². The molecule has 5 aliphatic rings. The number of hydrogen-bond donors (Lipinski definition) is 5. The van der Waals surface area contributed by atoms with Crippen molar-refractivity contribution in [3.05, 3.63) is 146 Å². The van der Waals surface area contributed by atoms with Gasteiger partial charge in [-0.25, -0.2) is 18.1 Å². The fourth-order valence-electron chi connectivity index (χ4n) is 11.9. The smallest absolute Gasteiger partial charge is 0.293 e. The summed E-state index contributed by atoms with van der Waals surface area (Å²) in [6.07, 6.45) is 8.11. The zero-order valence-electron chi connectivity index (χ0n) is 46.0. The normalized spacial score (nSPS) is 19.4. The number of amides is 5. The summed E-state index contributed by atoms with van der Waals surface area (Å²) in [6, 6.07) is 24.4. The largest absolute Gasteiger partial charge is 0.455 e.